The molecule has 0 spiro atoms. The van der Waals surface area contributed by atoms with Gasteiger partial charge in [0.05, 0.1) is 15.7 Å². The third-order valence-electron chi connectivity index (χ3n) is 12.9. The van der Waals surface area contributed by atoms with Crippen LogP contribution in [0.4, 0.5) is 11.4 Å². The van der Waals surface area contributed by atoms with E-state index in [2.05, 4.69) is 187 Å². The summed E-state index contributed by atoms with van der Waals surface area (Å²) in [5.74, 6) is 0. The lowest BCUT2D eigenvalue weighted by Crippen LogP contribution is -2.61. The topological polar surface area (TPSA) is 8.17 Å². The number of thiophene rings is 1. The highest BCUT2D eigenvalue weighted by molar-refractivity contribution is 7.26. The van der Waals surface area contributed by atoms with Crippen molar-refractivity contribution < 1.29 is 0 Å². The van der Waals surface area contributed by atoms with Gasteiger partial charge in [-0.2, -0.15) is 0 Å². The van der Waals surface area contributed by atoms with Crippen LogP contribution in [-0.4, -0.2) is 11.4 Å². The lowest BCUT2D eigenvalue weighted by molar-refractivity contribution is 0.657. The molecule has 10 aromatic rings. The fourth-order valence-corrected chi connectivity index (χ4v) is 11.8. The van der Waals surface area contributed by atoms with Crippen LogP contribution in [0.15, 0.2) is 164 Å². The fourth-order valence-electron chi connectivity index (χ4n) is 10.6. The summed E-state index contributed by atoms with van der Waals surface area (Å²) in [5.41, 5.74) is 19.7. The second-order valence-corrected chi connectivity index (χ2v) is 17.1. The zero-order valence-corrected chi connectivity index (χ0v) is 31.3. The van der Waals surface area contributed by atoms with Gasteiger partial charge < -0.3 is 9.38 Å². The van der Waals surface area contributed by atoms with E-state index in [-0.39, 0.29) is 12.3 Å². The Morgan fingerprint density at radius 2 is 1.25 bits per heavy atom. The van der Waals surface area contributed by atoms with E-state index in [0.29, 0.717) is 0 Å². The first kappa shape index (κ1) is 30.0. The maximum atomic E-state index is 2.71. The smallest absolute Gasteiger partial charge is 0.333 e. The summed E-state index contributed by atoms with van der Waals surface area (Å²) in [6.45, 7) is 4.87. The first-order chi connectivity index (χ1) is 27.1. The van der Waals surface area contributed by atoms with E-state index in [1.54, 1.807) is 0 Å². The van der Waals surface area contributed by atoms with E-state index in [4.69, 9.17) is 0 Å². The zero-order valence-electron chi connectivity index (χ0n) is 30.5. The molecular weight excluding hydrogens is 683 g/mol. The van der Waals surface area contributed by atoms with E-state index < -0.39 is 0 Å². The summed E-state index contributed by atoms with van der Waals surface area (Å²) in [6.07, 6.45) is 0. The Morgan fingerprint density at radius 1 is 0.545 bits per heavy atom. The molecule has 2 nitrogen and oxygen atoms in total. The van der Waals surface area contributed by atoms with Gasteiger partial charge >= 0.3 is 6.85 Å². The maximum Gasteiger partial charge on any atom is 0.333 e. The molecule has 0 fully saturated rings. The summed E-state index contributed by atoms with van der Waals surface area (Å²) >= 11 is 1.94. The number of para-hydroxylation sites is 1. The van der Waals surface area contributed by atoms with Crippen LogP contribution >= 0.6 is 11.3 Å². The van der Waals surface area contributed by atoms with Crippen molar-refractivity contribution in [1.82, 2.24) is 4.57 Å². The van der Waals surface area contributed by atoms with Gasteiger partial charge in [-0.25, -0.2) is 0 Å². The summed E-state index contributed by atoms with van der Waals surface area (Å²) < 4.78 is 5.42. The van der Waals surface area contributed by atoms with Crippen LogP contribution in [0.3, 0.4) is 0 Å². The molecule has 4 heteroatoms. The molecule has 0 bridgehead atoms. The molecule has 0 saturated carbocycles. The van der Waals surface area contributed by atoms with Crippen LogP contribution < -0.4 is 15.7 Å². The van der Waals surface area contributed by atoms with Gasteiger partial charge in [0.1, 0.15) is 0 Å². The minimum absolute atomic E-state index is 0.0301. The Balaban J connectivity index is 1.22. The number of nitrogens with zero attached hydrogens (tertiary/aromatic N) is 2. The van der Waals surface area contributed by atoms with Crippen molar-refractivity contribution in [3.63, 3.8) is 0 Å². The first-order valence-electron chi connectivity index (χ1n) is 19.3. The number of aromatic nitrogens is 1. The quantitative estimate of drug-likeness (QED) is 0.162. The van der Waals surface area contributed by atoms with Gasteiger partial charge in [0.25, 0.3) is 0 Å². The van der Waals surface area contributed by atoms with Crippen LogP contribution in [0.25, 0.3) is 81.0 Å². The van der Waals surface area contributed by atoms with Gasteiger partial charge in [-0.3, -0.25) is 0 Å². The summed E-state index contributed by atoms with van der Waals surface area (Å²) in [7, 11) is 0. The van der Waals surface area contributed by atoms with Crippen LogP contribution in [0.1, 0.15) is 25.0 Å². The van der Waals surface area contributed by atoms with E-state index in [1.807, 2.05) is 11.3 Å². The number of fused-ring (bicyclic) bond motifs is 14. The molecule has 2 aromatic heterocycles. The van der Waals surface area contributed by atoms with Gasteiger partial charge in [-0.1, -0.05) is 141 Å². The third kappa shape index (κ3) is 3.75. The van der Waals surface area contributed by atoms with Crippen molar-refractivity contribution >= 4 is 82.5 Å². The molecule has 0 radical (unpaired) electrons. The van der Waals surface area contributed by atoms with Crippen LogP contribution in [0, 0.1) is 0 Å². The highest BCUT2D eigenvalue weighted by Crippen LogP contribution is 2.56. The van der Waals surface area contributed by atoms with Crippen molar-refractivity contribution in [2.45, 2.75) is 19.3 Å². The molecule has 4 heterocycles. The Labute approximate surface area is 323 Å². The average molecular weight is 717 g/mol. The molecule has 0 amide bonds. The maximum absolute atomic E-state index is 2.71. The number of benzene rings is 8. The summed E-state index contributed by atoms with van der Waals surface area (Å²) in [5, 5.41) is 5.20. The molecule has 8 aromatic carbocycles. The zero-order chi connectivity index (χ0) is 36.2. The Morgan fingerprint density at radius 3 is 2.11 bits per heavy atom. The molecule has 256 valence electrons. The highest BCUT2D eigenvalue weighted by Gasteiger charge is 2.49. The predicted octanol–water partition coefficient (Wildman–Crippen LogP) is 12.4. The number of anilines is 2. The molecule has 2 aliphatic heterocycles. The molecule has 0 unspecified atom stereocenters. The SMILES string of the molecule is CC1(C)c2ccccc2-c2cc3c4c(c21)-n1c2c(cccc2c2sc5ccccc5c21)B4N(c1ccc(-c2ccccc2)cc1)c1cc2ccccc2cc1-3. The average Bonchev–Trinajstić information content (AvgIpc) is 3.85. The van der Waals surface area contributed by atoms with Gasteiger partial charge in [0, 0.05) is 43.5 Å². The van der Waals surface area contributed by atoms with Crippen LogP contribution in [-0.2, 0) is 5.41 Å². The molecule has 55 heavy (non-hydrogen) atoms. The predicted molar refractivity (Wildman–Crippen MR) is 236 cm³/mol. The number of hydrogen-bond acceptors (Lipinski definition) is 2. The molecule has 3 aliphatic rings. The molecule has 0 saturated heterocycles. The summed E-state index contributed by atoms with van der Waals surface area (Å²) in [4.78, 5) is 2.67. The Hall–Kier alpha value is -6.36. The van der Waals surface area contributed by atoms with E-state index in [9.17, 15) is 0 Å². The van der Waals surface area contributed by atoms with Gasteiger partial charge in [-0.15, -0.1) is 11.3 Å². The van der Waals surface area contributed by atoms with Crippen molar-refractivity contribution in [1.29, 1.82) is 0 Å². The van der Waals surface area contributed by atoms with Crippen molar-refractivity contribution in [3.8, 4) is 39.1 Å². The largest absolute Gasteiger partial charge is 0.376 e. The molecule has 13 rings (SSSR count). The van der Waals surface area contributed by atoms with Gasteiger partial charge in [-0.05, 0) is 97.0 Å². The second-order valence-electron chi connectivity index (χ2n) is 16.0. The van der Waals surface area contributed by atoms with Crippen molar-refractivity contribution in [3.05, 3.63) is 175 Å². The minimum atomic E-state index is -0.201. The van der Waals surface area contributed by atoms with Crippen molar-refractivity contribution in [2.24, 2.45) is 0 Å². The monoisotopic (exact) mass is 716 g/mol. The van der Waals surface area contributed by atoms with E-state index in [1.165, 1.54) is 114 Å². The number of hydrogen-bond donors (Lipinski definition) is 0. The molecule has 0 atom stereocenters. The number of rotatable bonds is 2. The lowest BCUT2D eigenvalue weighted by atomic mass is 9.43. The molecule has 1 aliphatic carbocycles. The van der Waals surface area contributed by atoms with E-state index in [0.717, 1.165) is 0 Å². The second kappa shape index (κ2) is 10.4. The van der Waals surface area contributed by atoms with E-state index >= 15 is 0 Å². The standard InChI is InChI=1S/C51H33BN2S/c1-51(2)41-20-10-8-17-35(41)39-29-40-38-27-32-15-6-7-16-33(32)28-43(38)54(34-25-23-31(24-26-34)30-13-4-3-5-14-30)52-42-21-12-19-37-47(42)53(49(45(39)51)46(40)52)48-36-18-9-11-22-44(36)55-50(37)48/h3-29H,1-2H3. The van der Waals surface area contributed by atoms with Crippen molar-refractivity contribution in [2.75, 3.05) is 4.81 Å². The molecular formula is C51H33BN2S. The van der Waals surface area contributed by atoms with Crippen LogP contribution in [0.5, 0.6) is 0 Å². The Bertz CT molecular complexity index is 3300. The normalized spacial score (nSPS) is 14.4. The highest BCUT2D eigenvalue weighted by atomic mass is 32.1. The van der Waals surface area contributed by atoms with Gasteiger partial charge in [0.2, 0.25) is 0 Å². The first-order valence-corrected chi connectivity index (χ1v) is 20.1. The lowest BCUT2D eigenvalue weighted by Gasteiger charge is -2.43. The summed E-state index contributed by atoms with van der Waals surface area (Å²) in [6, 6.07) is 61.6. The fraction of sp³-hybridized carbons (Fsp3) is 0.0588. The molecule has 0 N–H and O–H groups in total. The minimum Gasteiger partial charge on any atom is -0.376 e. The third-order valence-corrected chi connectivity index (χ3v) is 14.1. The Kier molecular flexibility index (Phi) is 5.70. The van der Waals surface area contributed by atoms with Gasteiger partial charge in [0.15, 0.2) is 0 Å². The van der Waals surface area contributed by atoms with Crippen LogP contribution in [0.2, 0.25) is 0 Å².